The largest absolute Gasteiger partial charge is 0.420 e. The Bertz CT molecular complexity index is 920. The molecular weight excluding hydrogens is 267 g/mol. The smallest absolute Gasteiger partial charge is 0.313 e. The molecule has 0 fully saturated rings. The minimum absolute atomic E-state index is 0.140. The first-order chi connectivity index (χ1) is 10.8. The zero-order chi connectivity index (χ0) is 14.9. The molecule has 4 rings (SSSR count). The Morgan fingerprint density at radius 3 is 2.36 bits per heavy atom. The van der Waals surface area contributed by atoms with Crippen molar-refractivity contribution < 1.29 is 0 Å². The Labute approximate surface area is 129 Å². The predicted molar refractivity (Wildman–Crippen MR) is 93.1 cm³/mol. The Hall–Kier alpha value is -2.99. The summed E-state index contributed by atoms with van der Waals surface area (Å²) in [7, 11) is 0. The fraction of sp³-hybridized carbons (Fsp3) is 0. The van der Waals surface area contributed by atoms with E-state index in [9.17, 15) is 0 Å². The molecule has 0 spiro atoms. The monoisotopic (exact) mass is 280 g/mol. The van der Waals surface area contributed by atoms with Crippen LogP contribution in [0.1, 0.15) is 11.1 Å². The lowest BCUT2D eigenvalue weighted by atomic mass is 9.54. The normalized spacial score (nSPS) is 12.6. The van der Waals surface area contributed by atoms with E-state index >= 15 is 0 Å². The quantitative estimate of drug-likeness (QED) is 0.691. The Kier molecular flexibility index (Phi) is 2.95. The van der Waals surface area contributed by atoms with Crippen molar-refractivity contribution in [1.82, 2.24) is 0 Å². The van der Waals surface area contributed by atoms with Crippen molar-refractivity contribution in [3.05, 3.63) is 77.8 Å². The average Bonchev–Trinajstić information content (AvgIpc) is 2.59. The zero-order valence-corrected chi connectivity index (χ0v) is 12.0. The molecule has 22 heavy (non-hydrogen) atoms. The molecule has 0 unspecified atom stereocenters. The van der Waals surface area contributed by atoms with E-state index in [1.54, 1.807) is 0 Å². The standard InChI is InChI=1S/C19H13BN2/c21-13-14-5-7-18(8-6-14)20-10-9-17-11-15-3-1-2-4-16(15)12-19(17)22-20/h1-12,22H. The molecule has 0 amide bonds. The van der Waals surface area contributed by atoms with Crippen molar-refractivity contribution >= 4 is 34.8 Å². The van der Waals surface area contributed by atoms with Gasteiger partial charge >= 0.3 is 6.85 Å². The van der Waals surface area contributed by atoms with E-state index in [1.165, 1.54) is 16.3 Å². The van der Waals surface area contributed by atoms with Crippen molar-refractivity contribution in [1.29, 1.82) is 5.26 Å². The second-order valence-corrected chi connectivity index (χ2v) is 5.50. The molecule has 2 nitrogen and oxygen atoms in total. The van der Waals surface area contributed by atoms with Gasteiger partial charge in [0.15, 0.2) is 0 Å². The molecule has 1 aliphatic heterocycles. The number of nitriles is 1. The maximum atomic E-state index is 8.89. The van der Waals surface area contributed by atoms with Crippen LogP contribution in [0.15, 0.2) is 66.6 Å². The number of nitrogens with zero attached hydrogens (tertiary/aromatic N) is 1. The van der Waals surface area contributed by atoms with Gasteiger partial charge in [0.05, 0.1) is 11.6 Å². The molecular formula is C19H13BN2. The molecule has 0 bridgehead atoms. The van der Waals surface area contributed by atoms with Crippen molar-refractivity contribution in [2.24, 2.45) is 0 Å². The molecule has 0 atom stereocenters. The first-order valence-corrected chi connectivity index (χ1v) is 7.31. The Balaban J connectivity index is 1.72. The van der Waals surface area contributed by atoms with Gasteiger partial charge in [0, 0.05) is 5.69 Å². The molecule has 1 aliphatic rings. The topological polar surface area (TPSA) is 35.8 Å². The number of hydrogen-bond donors (Lipinski definition) is 1. The summed E-state index contributed by atoms with van der Waals surface area (Å²) in [6.07, 6.45) is 2.17. The summed E-state index contributed by atoms with van der Waals surface area (Å²) in [6, 6.07) is 22.7. The Morgan fingerprint density at radius 2 is 1.64 bits per heavy atom. The molecule has 0 saturated carbocycles. The van der Waals surface area contributed by atoms with Crippen molar-refractivity contribution in [2.45, 2.75) is 0 Å². The van der Waals surface area contributed by atoms with E-state index in [1.807, 2.05) is 24.3 Å². The number of benzene rings is 3. The van der Waals surface area contributed by atoms with Crippen LogP contribution in [0.3, 0.4) is 0 Å². The second-order valence-electron chi connectivity index (χ2n) is 5.50. The van der Waals surface area contributed by atoms with E-state index in [-0.39, 0.29) is 6.85 Å². The first-order valence-electron chi connectivity index (χ1n) is 7.31. The van der Waals surface area contributed by atoms with Gasteiger partial charge in [-0.1, -0.05) is 53.9 Å². The van der Waals surface area contributed by atoms with E-state index in [0.717, 1.165) is 11.2 Å². The third-order valence-corrected chi connectivity index (χ3v) is 4.10. The van der Waals surface area contributed by atoms with Crippen molar-refractivity contribution in [2.75, 3.05) is 5.23 Å². The van der Waals surface area contributed by atoms with Gasteiger partial charge in [-0.15, -0.1) is 0 Å². The molecule has 1 N–H and O–H groups in total. The average molecular weight is 280 g/mol. The molecule has 0 aromatic heterocycles. The highest BCUT2D eigenvalue weighted by Gasteiger charge is 2.19. The third kappa shape index (κ3) is 2.15. The molecule has 0 radical (unpaired) electrons. The number of hydrogen-bond acceptors (Lipinski definition) is 2. The summed E-state index contributed by atoms with van der Waals surface area (Å²) in [5.41, 5.74) is 4.21. The molecule has 3 aromatic carbocycles. The van der Waals surface area contributed by atoms with E-state index in [2.05, 4.69) is 59.7 Å². The van der Waals surface area contributed by atoms with Crippen LogP contribution >= 0.6 is 0 Å². The van der Waals surface area contributed by atoms with Gasteiger partial charge in [0.2, 0.25) is 0 Å². The van der Waals surface area contributed by atoms with Crippen LogP contribution in [0.4, 0.5) is 5.69 Å². The lowest BCUT2D eigenvalue weighted by Gasteiger charge is -2.20. The van der Waals surface area contributed by atoms with E-state index < -0.39 is 0 Å². The molecule has 0 aliphatic carbocycles. The maximum Gasteiger partial charge on any atom is 0.313 e. The fourth-order valence-electron chi connectivity index (χ4n) is 2.90. The zero-order valence-electron chi connectivity index (χ0n) is 12.0. The van der Waals surface area contributed by atoms with Crippen LogP contribution < -0.4 is 10.7 Å². The van der Waals surface area contributed by atoms with Crippen LogP contribution in [-0.4, -0.2) is 6.85 Å². The van der Waals surface area contributed by atoms with E-state index in [4.69, 9.17) is 5.26 Å². The van der Waals surface area contributed by atoms with Gasteiger partial charge in [0.25, 0.3) is 0 Å². The maximum absolute atomic E-state index is 8.89. The molecule has 3 heteroatoms. The van der Waals surface area contributed by atoms with E-state index in [0.29, 0.717) is 5.56 Å². The highest BCUT2D eigenvalue weighted by Crippen LogP contribution is 2.27. The minimum Gasteiger partial charge on any atom is -0.420 e. The SMILES string of the molecule is N#Cc1ccc(B2C=Cc3cc4ccccc4cc3N2)cc1. The highest BCUT2D eigenvalue weighted by molar-refractivity contribution is 6.81. The van der Waals surface area contributed by atoms with Gasteiger partial charge in [-0.05, 0) is 40.6 Å². The van der Waals surface area contributed by atoms with Gasteiger partial charge < -0.3 is 5.23 Å². The van der Waals surface area contributed by atoms with Gasteiger partial charge in [0.1, 0.15) is 0 Å². The summed E-state index contributed by atoms with van der Waals surface area (Å²) >= 11 is 0. The lowest BCUT2D eigenvalue weighted by Crippen LogP contribution is -2.38. The molecule has 3 aromatic rings. The van der Waals surface area contributed by atoms with Crippen molar-refractivity contribution in [3.63, 3.8) is 0 Å². The summed E-state index contributed by atoms with van der Waals surface area (Å²) in [4.78, 5) is 0. The Morgan fingerprint density at radius 1 is 0.909 bits per heavy atom. The van der Waals surface area contributed by atoms with Crippen LogP contribution in [0.25, 0.3) is 16.8 Å². The predicted octanol–water partition coefficient (Wildman–Crippen LogP) is 3.59. The van der Waals surface area contributed by atoms with Gasteiger partial charge in [-0.25, -0.2) is 0 Å². The summed E-state index contributed by atoms with van der Waals surface area (Å²) in [5, 5.41) is 15.0. The van der Waals surface area contributed by atoms with Crippen LogP contribution in [0.5, 0.6) is 0 Å². The number of anilines is 1. The molecule has 1 heterocycles. The minimum atomic E-state index is 0.140. The molecule has 102 valence electrons. The summed E-state index contributed by atoms with van der Waals surface area (Å²) in [6.45, 7) is 0.140. The van der Waals surface area contributed by atoms with Gasteiger partial charge in [-0.3, -0.25) is 0 Å². The third-order valence-electron chi connectivity index (χ3n) is 4.10. The fourth-order valence-corrected chi connectivity index (χ4v) is 2.90. The molecule has 0 saturated heterocycles. The summed E-state index contributed by atoms with van der Waals surface area (Å²) < 4.78 is 0. The van der Waals surface area contributed by atoms with Crippen molar-refractivity contribution in [3.8, 4) is 6.07 Å². The second kappa shape index (κ2) is 5.09. The van der Waals surface area contributed by atoms with Crippen LogP contribution in [-0.2, 0) is 0 Å². The number of rotatable bonds is 1. The van der Waals surface area contributed by atoms with Crippen LogP contribution in [0, 0.1) is 11.3 Å². The summed E-state index contributed by atoms with van der Waals surface area (Å²) in [5.74, 6) is 2.17. The first kappa shape index (κ1) is 12.7. The lowest BCUT2D eigenvalue weighted by molar-refractivity contribution is 1.49. The van der Waals surface area contributed by atoms with Crippen LogP contribution in [0.2, 0.25) is 0 Å². The van der Waals surface area contributed by atoms with Gasteiger partial charge in [-0.2, -0.15) is 5.26 Å². The highest BCUT2D eigenvalue weighted by atomic mass is 14.8. The number of nitrogens with one attached hydrogen (secondary N) is 1. The number of fused-ring (bicyclic) bond motifs is 2.